The first-order chi connectivity index (χ1) is 9.01. The van der Waals surface area contributed by atoms with E-state index >= 15 is 0 Å². The minimum atomic E-state index is -0.0360. The van der Waals surface area contributed by atoms with Crippen LogP contribution in [-0.4, -0.2) is 49.4 Å². The van der Waals surface area contributed by atoms with Crippen LogP contribution >= 0.6 is 11.6 Å². The number of benzene rings is 1. The first-order valence-electron chi connectivity index (χ1n) is 6.08. The van der Waals surface area contributed by atoms with Gasteiger partial charge in [0.15, 0.2) is 0 Å². The van der Waals surface area contributed by atoms with E-state index in [1.165, 1.54) is 0 Å². The lowest BCUT2D eigenvalue weighted by atomic mass is 10.3. The molecule has 4 nitrogen and oxygen atoms in total. The number of rotatable bonds is 7. The lowest BCUT2D eigenvalue weighted by molar-refractivity contribution is -0.117. The largest absolute Gasteiger partial charge is 0.380 e. The van der Waals surface area contributed by atoms with Crippen molar-refractivity contribution < 1.29 is 4.79 Å². The summed E-state index contributed by atoms with van der Waals surface area (Å²) in [6, 6.07) is 7.07. The number of carbonyl (C=O) groups excluding carboxylic acids is 1. The molecule has 1 N–H and O–H groups in total. The molecular weight excluding hydrogens is 262 g/mol. The predicted molar refractivity (Wildman–Crippen MR) is 80.4 cm³/mol. The zero-order chi connectivity index (χ0) is 14.3. The topological polar surface area (TPSA) is 35.6 Å². The second-order valence-corrected chi connectivity index (χ2v) is 4.89. The first-order valence-corrected chi connectivity index (χ1v) is 6.46. The summed E-state index contributed by atoms with van der Waals surface area (Å²) in [7, 11) is 3.87. The third-order valence-electron chi connectivity index (χ3n) is 2.69. The number of nitrogens with zero attached hydrogens (tertiary/aromatic N) is 2. The van der Waals surface area contributed by atoms with Gasteiger partial charge in [-0.1, -0.05) is 18.2 Å². The van der Waals surface area contributed by atoms with Gasteiger partial charge in [0.2, 0.25) is 5.91 Å². The van der Waals surface area contributed by atoms with E-state index in [1.54, 1.807) is 30.5 Å². The van der Waals surface area contributed by atoms with Crippen molar-refractivity contribution in [3.8, 4) is 0 Å². The molecule has 0 aliphatic rings. The average Bonchev–Trinajstić information content (AvgIpc) is 2.38. The molecule has 0 unspecified atom stereocenters. The van der Waals surface area contributed by atoms with E-state index in [-0.39, 0.29) is 5.91 Å². The monoisotopic (exact) mass is 281 g/mol. The van der Waals surface area contributed by atoms with Crippen LogP contribution in [-0.2, 0) is 4.79 Å². The highest BCUT2D eigenvalue weighted by Gasteiger charge is 2.07. The van der Waals surface area contributed by atoms with Gasteiger partial charge in [0.25, 0.3) is 0 Å². The SMILES string of the molecule is C=CN(C)CCN(C)CC(=O)Nc1ccc(Cl)cc1. The zero-order valence-corrected chi connectivity index (χ0v) is 12.2. The van der Waals surface area contributed by atoms with Crippen LogP contribution in [0.1, 0.15) is 0 Å². The van der Waals surface area contributed by atoms with E-state index in [9.17, 15) is 4.79 Å². The van der Waals surface area contributed by atoms with Crippen molar-refractivity contribution in [1.82, 2.24) is 9.80 Å². The van der Waals surface area contributed by atoms with Crippen molar-refractivity contribution in [3.05, 3.63) is 42.1 Å². The Kier molecular flexibility index (Phi) is 6.39. The van der Waals surface area contributed by atoms with Crippen LogP contribution in [0.25, 0.3) is 0 Å². The maximum Gasteiger partial charge on any atom is 0.238 e. The Morgan fingerprint density at radius 3 is 2.53 bits per heavy atom. The van der Waals surface area contributed by atoms with Crippen LogP contribution < -0.4 is 5.32 Å². The van der Waals surface area contributed by atoms with Gasteiger partial charge in [-0.05, 0) is 37.5 Å². The van der Waals surface area contributed by atoms with Crippen molar-refractivity contribution in [3.63, 3.8) is 0 Å². The van der Waals surface area contributed by atoms with Crippen LogP contribution in [0.5, 0.6) is 0 Å². The Hall–Kier alpha value is -1.52. The highest BCUT2D eigenvalue weighted by molar-refractivity contribution is 6.30. The molecule has 0 spiro atoms. The molecule has 0 aromatic heterocycles. The van der Waals surface area contributed by atoms with E-state index in [0.29, 0.717) is 11.6 Å². The molecular formula is C14H20ClN3O. The van der Waals surface area contributed by atoms with E-state index < -0.39 is 0 Å². The summed E-state index contributed by atoms with van der Waals surface area (Å²) in [5, 5.41) is 3.48. The van der Waals surface area contributed by atoms with Crippen LogP contribution in [0.4, 0.5) is 5.69 Å². The van der Waals surface area contributed by atoms with Crippen molar-refractivity contribution in [2.75, 3.05) is 39.0 Å². The third kappa shape index (κ3) is 6.27. The highest BCUT2D eigenvalue weighted by atomic mass is 35.5. The number of anilines is 1. The van der Waals surface area contributed by atoms with Gasteiger partial charge in [0, 0.05) is 30.8 Å². The van der Waals surface area contributed by atoms with E-state index in [1.807, 2.05) is 23.9 Å². The molecule has 0 saturated carbocycles. The van der Waals surface area contributed by atoms with Gasteiger partial charge in [0.05, 0.1) is 6.54 Å². The van der Waals surface area contributed by atoms with Gasteiger partial charge >= 0.3 is 0 Å². The van der Waals surface area contributed by atoms with Crippen LogP contribution in [0, 0.1) is 0 Å². The summed E-state index contributed by atoms with van der Waals surface area (Å²) < 4.78 is 0. The maximum atomic E-state index is 11.8. The summed E-state index contributed by atoms with van der Waals surface area (Å²) >= 11 is 5.78. The Morgan fingerprint density at radius 1 is 1.32 bits per heavy atom. The lowest BCUT2D eigenvalue weighted by Crippen LogP contribution is -2.34. The van der Waals surface area contributed by atoms with Crippen molar-refractivity contribution in [2.24, 2.45) is 0 Å². The quantitative estimate of drug-likeness (QED) is 0.833. The van der Waals surface area contributed by atoms with Gasteiger partial charge in [-0.2, -0.15) is 0 Å². The molecule has 5 heteroatoms. The minimum absolute atomic E-state index is 0.0360. The molecule has 0 radical (unpaired) electrons. The van der Waals surface area contributed by atoms with Crippen molar-refractivity contribution in [2.45, 2.75) is 0 Å². The highest BCUT2D eigenvalue weighted by Crippen LogP contribution is 2.13. The summed E-state index contributed by atoms with van der Waals surface area (Å²) in [6.45, 7) is 5.68. The van der Waals surface area contributed by atoms with Crippen molar-refractivity contribution in [1.29, 1.82) is 0 Å². The van der Waals surface area contributed by atoms with Crippen LogP contribution in [0.2, 0.25) is 5.02 Å². The molecule has 1 aromatic carbocycles. The average molecular weight is 282 g/mol. The maximum absolute atomic E-state index is 11.8. The second-order valence-electron chi connectivity index (χ2n) is 4.46. The fourth-order valence-electron chi connectivity index (χ4n) is 1.48. The fraction of sp³-hybridized carbons (Fsp3) is 0.357. The molecule has 0 aliphatic heterocycles. The normalized spacial score (nSPS) is 10.3. The summed E-state index contributed by atoms with van der Waals surface area (Å²) in [5.41, 5.74) is 0.756. The van der Waals surface area contributed by atoms with Gasteiger partial charge < -0.3 is 10.2 Å². The van der Waals surface area contributed by atoms with Gasteiger partial charge in [-0.15, -0.1) is 0 Å². The molecule has 104 valence electrons. The molecule has 0 bridgehead atoms. The van der Waals surface area contributed by atoms with Crippen LogP contribution in [0.15, 0.2) is 37.0 Å². The molecule has 19 heavy (non-hydrogen) atoms. The Morgan fingerprint density at radius 2 is 1.95 bits per heavy atom. The summed E-state index contributed by atoms with van der Waals surface area (Å²) in [4.78, 5) is 15.7. The van der Waals surface area contributed by atoms with Gasteiger partial charge in [-0.25, -0.2) is 0 Å². The summed E-state index contributed by atoms with van der Waals surface area (Å²) in [5.74, 6) is -0.0360. The van der Waals surface area contributed by atoms with Gasteiger partial charge in [0.1, 0.15) is 0 Å². The molecule has 1 rings (SSSR count). The number of hydrogen-bond donors (Lipinski definition) is 1. The number of nitrogens with one attached hydrogen (secondary N) is 1. The van der Waals surface area contributed by atoms with E-state index in [4.69, 9.17) is 11.6 Å². The molecule has 0 aliphatic carbocycles. The molecule has 1 amide bonds. The Balaban J connectivity index is 2.34. The smallest absolute Gasteiger partial charge is 0.238 e. The van der Waals surface area contributed by atoms with Gasteiger partial charge in [-0.3, -0.25) is 9.69 Å². The minimum Gasteiger partial charge on any atom is -0.380 e. The Labute approximate surface area is 119 Å². The van der Waals surface area contributed by atoms with E-state index in [0.717, 1.165) is 18.8 Å². The summed E-state index contributed by atoms with van der Waals surface area (Å²) in [6.07, 6.45) is 1.77. The zero-order valence-electron chi connectivity index (χ0n) is 11.4. The third-order valence-corrected chi connectivity index (χ3v) is 2.94. The number of hydrogen-bond acceptors (Lipinski definition) is 3. The number of likely N-dealkylation sites (N-methyl/N-ethyl adjacent to an activating group) is 2. The fourth-order valence-corrected chi connectivity index (χ4v) is 1.60. The molecule has 0 heterocycles. The molecule has 0 fully saturated rings. The first kappa shape index (κ1) is 15.5. The van der Waals surface area contributed by atoms with E-state index in [2.05, 4.69) is 11.9 Å². The predicted octanol–water partition coefficient (Wildman–Crippen LogP) is 2.29. The lowest BCUT2D eigenvalue weighted by Gasteiger charge is -2.20. The van der Waals surface area contributed by atoms with Crippen LogP contribution in [0.3, 0.4) is 0 Å². The number of amides is 1. The molecule has 0 saturated heterocycles. The van der Waals surface area contributed by atoms with Crippen molar-refractivity contribution >= 4 is 23.2 Å². The molecule has 1 aromatic rings. The molecule has 0 atom stereocenters. The number of carbonyl (C=O) groups is 1. The standard InChI is InChI=1S/C14H20ClN3O/c1-4-17(2)9-10-18(3)11-14(19)16-13-7-5-12(15)6-8-13/h4-8H,1,9-11H2,2-3H3,(H,16,19). The second kappa shape index (κ2) is 7.81. The Bertz CT molecular complexity index is 419. The number of halogens is 1.